The van der Waals surface area contributed by atoms with Crippen LogP contribution >= 0.6 is 11.6 Å². The Hall–Kier alpha value is -3.22. The topological polar surface area (TPSA) is 69.2 Å². The molecule has 162 valence electrons. The zero-order valence-electron chi connectivity index (χ0n) is 17.5. The van der Waals surface area contributed by atoms with Gasteiger partial charge in [-0.25, -0.2) is 9.97 Å². The van der Waals surface area contributed by atoms with Gasteiger partial charge in [0.25, 0.3) is 0 Å². The van der Waals surface area contributed by atoms with Crippen molar-refractivity contribution in [1.29, 1.82) is 0 Å². The van der Waals surface area contributed by atoms with Crippen LogP contribution in [0.1, 0.15) is 18.5 Å². The third-order valence-corrected chi connectivity index (χ3v) is 5.77. The van der Waals surface area contributed by atoms with Crippen LogP contribution in [0.15, 0.2) is 67.0 Å². The predicted octanol–water partition coefficient (Wildman–Crippen LogP) is 5.06. The SMILES string of the molecule is Clc1cc(-c2ncc3c(OC[C@H]4CCCN4)cccc3n2)ccc1OCc1ccccn1. The van der Waals surface area contributed by atoms with Gasteiger partial charge >= 0.3 is 0 Å². The molecule has 1 N–H and O–H groups in total. The first-order valence-electron chi connectivity index (χ1n) is 10.7. The van der Waals surface area contributed by atoms with Crippen LogP contribution in [0.4, 0.5) is 0 Å². The van der Waals surface area contributed by atoms with E-state index < -0.39 is 0 Å². The lowest BCUT2D eigenvalue weighted by molar-refractivity contribution is 0.280. The van der Waals surface area contributed by atoms with Gasteiger partial charge in [0.15, 0.2) is 5.82 Å². The highest BCUT2D eigenvalue weighted by Gasteiger charge is 2.16. The molecule has 32 heavy (non-hydrogen) atoms. The van der Waals surface area contributed by atoms with Crippen molar-refractivity contribution in [2.45, 2.75) is 25.5 Å². The Bertz CT molecular complexity index is 1210. The number of nitrogens with zero attached hydrogens (tertiary/aromatic N) is 3. The molecule has 0 aliphatic carbocycles. The molecule has 4 aromatic rings. The smallest absolute Gasteiger partial charge is 0.159 e. The summed E-state index contributed by atoms with van der Waals surface area (Å²) in [4.78, 5) is 13.6. The minimum Gasteiger partial charge on any atom is -0.491 e. The third-order valence-electron chi connectivity index (χ3n) is 5.48. The van der Waals surface area contributed by atoms with Gasteiger partial charge in [0.2, 0.25) is 0 Å². The Kier molecular flexibility index (Phi) is 6.14. The Morgan fingerprint density at radius 2 is 1.97 bits per heavy atom. The molecule has 0 bridgehead atoms. The summed E-state index contributed by atoms with van der Waals surface area (Å²) in [6.07, 6.45) is 5.90. The Morgan fingerprint density at radius 3 is 2.78 bits per heavy atom. The van der Waals surface area contributed by atoms with E-state index in [1.54, 1.807) is 6.20 Å². The molecular formula is C25H23ClN4O2. The normalized spacial score (nSPS) is 15.7. The highest BCUT2D eigenvalue weighted by Crippen LogP contribution is 2.31. The lowest BCUT2D eigenvalue weighted by Crippen LogP contribution is -2.28. The molecule has 7 heteroatoms. The fourth-order valence-corrected chi connectivity index (χ4v) is 4.01. The van der Waals surface area contributed by atoms with E-state index in [1.807, 2.05) is 60.8 Å². The Labute approximate surface area is 191 Å². The van der Waals surface area contributed by atoms with E-state index in [2.05, 4.69) is 15.3 Å². The summed E-state index contributed by atoms with van der Waals surface area (Å²) < 4.78 is 11.9. The van der Waals surface area contributed by atoms with Gasteiger partial charge < -0.3 is 14.8 Å². The maximum Gasteiger partial charge on any atom is 0.159 e. The van der Waals surface area contributed by atoms with Crippen LogP contribution in [0.2, 0.25) is 5.02 Å². The molecule has 6 nitrogen and oxygen atoms in total. The maximum atomic E-state index is 6.47. The van der Waals surface area contributed by atoms with Crippen molar-refractivity contribution >= 4 is 22.5 Å². The van der Waals surface area contributed by atoms with Crippen molar-refractivity contribution in [2.24, 2.45) is 0 Å². The van der Waals surface area contributed by atoms with Crippen molar-refractivity contribution in [1.82, 2.24) is 20.3 Å². The number of nitrogens with one attached hydrogen (secondary N) is 1. The van der Waals surface area contributed by atoms with Crippen molar-refractivity contribution in [3.63, 3.8) is 0 Å². The lowest BCUT2D eigenvalue weighted by Gasteiger charge is -2.14. The summed E-state index contributed by atoms with van der Waals surface area (Å²) in [5.74, 6) is 2.00. The second-order valence-electron chi connectivity index (χ2n) is 7.74. The van der Waals surface area contributed by atoms with Crippen molar-refractivity contribution in [3.8, 4) is 22.9 Å². The average Bonchev–Trinajstić information content (AvgIpc) is 3.36. The molecule has 0 saturated carbocycles. The van der Waals surface area contributed by atoms with Gasteiger partial charge in [0, 0.05) is 24.0 Å². The van der Waals surface area contributed by atoms with Crippen LogP contribution in [0.25, 0.3) is 22.3 Å². The monoisotopic (exact) mass is 446 g/mol. The van der Waals surface area contributed by atoms with Crippen LogP contribution in [0.5, 0.6) is 11.5 Å². The standard InChI is InChI=1S/C25H23ClN4O2/c26-21-13-17(9-10-24(21)32-16-18-5-1-2-11-27-18)25-29-14-20-22(30-25)7-3-8-23(20)31-15-19-6-4-12-28-19/h1-3,5,7-11,13-14,19,28H,4,6,12,15-16H2/t19-/m1/s1. The van der Waals surface area contributed by atoms with Crippen molar-refractivity contribution in [2.75, 3.05) is 13.2 Å². The predicted molar refractivity (Wildman–Crippen MR) is 125 cm³/mol. The summed E-state index contributed by atoms with van der Waals surface area (Å²) in [5.41, 5.74) is 2.49. The number of benzene rings is 2. The van der Waals surface area contributed by atoms with Crippen LogP contribution in [0, 0.1) is 0 Å². The number of rotatable bonds is 7. The molecule has 1 aliphatic heterocycles. The molecule has 5 rings (SSSR count). The Balaban J connectivity index is 1.33. The second-order valence-corrected chi connectivity index (χ2v) is 8.15. The van der Waals surface area contributed by atoms with Crippen LogP contribution < -0.4 is 14.8 Å². The van der Waals surface area contributed by atoms with E-state index in [-0.39, 0.29) is 0 Å². The molecule has 0 radical (unpaired) electrons. The number of hydrogen-bond acceptors (Lipinski definition) is 6. The summed E-state index contributed by atoms with van der Waals surface area (Å²) in [6, 6.07) is 17.6. The zero-order chi connectivity index (χ0) is 21.8. The molecule has 0 spiro atoms. The maximum absolute atomic E-state index is 6.47. The van der Waals surface area contributed by atoms with Gasteiger partial charge in [0.05, 0.1) is 21.6 Å². The molecule has 1 atom stereocenters. The fraction of sp³-hybridized carbons (Fsp3) is 0.240. The largest absolute Gasteiger partial charge is 0.491 e. The number of aromatic nitrogens is 3. The third kappa shape index (κ3) is 4.66. The van der Waals surface area contributed by atoms with E-state index in [9.17, 15) is 0 Å². The minimum absolute atomic E-state index is 0.353. The first kappa shape index (κ1) is 20.7. The summed E-state index contributed by atoms with van der Waals surface area (Å²) in [7, 11) is 0. The van der Waals surface area contributed by atoms with Crippen LogP contribution in [0.3, 0.4) is 0 Å². The molecule has 3 heterocycles. The number of pyridine rings is 1. The van der Waals surface area contributed by atoms with Gasteiger partial charge in [-0.15, -0.1) is 0 Å². The lowest BCUT2D eigenvalue weighted by atomic mass is 10.1. The summed E-state index contributed by atoms with van der Waals surface area (Å²) in [5, 5.41) is 4.85. The number of fused-ring (bicyclic) bond motifs is 1. The van der Waals surface area contributed by atoms with Crippen molar-refractivity contribution in [3.05, 3.63) is 77.7 Å². The second kappa shape index (κ2) is 9.51. The molecule has 0 unspecified atom stereocenters. The van der Waals surface area contributed by atoms with Gasteiger partial charge in [-0.05, 0) is 61.9 Å². The Morgan fingerprint density at radius 1 is 1.00 bits per heavy atom. The first-order valence-corrected chi connectivity index (χ1v) is 11.1. The molecule has 1 fully saturated rings. The molecule has 1 saturated heterocycles. The summed E-state index contributed by atoms with van der Waals surface area (Å²) in [6.45, 7) is 2.06. The molecule has 2 aromatic heterocycles. The van der Waals surface area contributed by atoms with Gasteiger partial charge in [0.1, 0.15) is 24.7 Å². The number of ether oxygens (including phenoxy) is 2. The van der Waals surface area contributed by atoms with E-state index in [1.165, 1.54) is 6.42 Å². The molecule has 2 aromatic carbocycles. The number of halogens is 1. The quantitative estimate of drug-likeness (QED) is 0.428. The summed E-state index contributed by atoms with van der Waals surface area (Å²) >= 11 is 6.47. The van der Waals surface area contributed by atoms with E-state index in [4.69, 9.17) is 26.1 Å². The van der Waals surface area contributed by atoms with Crippen LogP contribution in [-0.4, -0.2) is 34.1 Å². The van der Waals surface area contributed by atoms with E-state index in [0.29, 0.717) is 35.9 Å². The van der Waals surface area contributed by atoms with Gasteiger partial charge in [-0.3, -0.25) is 4.98 Å². The average molecular weight is 447 g/mol. The molecule has 1 aliphatic rings. The van der Waals surface area contributed by atoms with E-state index >= 15 is 0 Å². The van der Waals surface area contributed by atoms with Gasteiger partial charge in [-0.1, -0.05) is 23.7 Å². The molecule has 0 amide bonds. The fourth-order valence-electron chi connectivity index (χ4n) is 3.77. The highest BCUT2D eigenvalue weighted by atomic mass is 35.5. The highest BCUT2D eigenvalue weighted by molar-refractivity contribution is 6.32. The van der Waals surface area contributed by atoms with Crippen LogP contribution in [-0.2, 0) is 6.61 Å². The first-order chi connectivity index (χ1) is 15.8. The zero-order valence-corrected chi connectivity index (χ0v) is 18.3. The number of hydrogen-bond donors (Lipinski definition) is 1. The minimum atomic E-state index is 0.353. The van der Waals surface area contributed by atoms with Crippen molar-refractivity contribution < 1.29 is 9.47 Å². The van der Waals surface area contributed by atoms with Gasteiger partial charge in [-0.2, -0.15) is 0 Å². The molecular weight excluding hydrogens is 424 g/mol. The van der Waals surface area contributed by atoms with E-state index in [0.717, 1.165) is 40.9 Å².